The van der Waals surface area contributed by atoms with Crippen molar-refractivity contribution in [2.24, 2.45) is 0 Å². The van der Waals surface area contributed by atoms with Gasteiger partial charge >= 0.3 is 0 Å². The van der Waals surface area contributed by atoms with Gasteiger partial charge in [-0.1, -0.05) is 36.4 Å². The van der Waals surface area contributed by atoms with E-state index in [-0.39, 0.29) is 5.56 Å². The van der Waals surface area contributed by atoms with E-state index in [1.54, 1.807) is 12.4 Å². The second-order valence-electron chi connectivity index (χ2n) is 5.12. The van der Waals surface area contributed by atoms with Crippen molar-refractivity contribution in [1.82, 2.24) is 14.5 Å². The Balaban J connectivity index is 2.16. The van der Waals surface area contributed by atoms with Crippen molar-refractivity contribution in [3.63, 3.8) is 0 Å². The first-order valence-corrected chi connectivity index (χ1v) is 6.79. The molecule has 2 aromatic heterocycles. The van der Waals surface area contributed by atoms with Crippen LogP contribution in [0.5, 0.6) is 0 Å². The zero-order chi connectivity index (χ0) is 14.4. The Morgan fingerprint density at radius 1 is 1.05 bits per heavy atom. The fourth-order valence-electron chi connectivity index (χ4n) is 2.77. The minimum Gasteiger partial charge on any atom is -0.306 e. The summed E-state index contributed by atoms with van der Waals surface area (Å²) in [6.07, 6.45) is 1.76. The van der Waals surface area contributed by atoms with Gasteiger partial charge in [-0.2, -0.15) is 0 Å². The van der Waals surface area contributed by atoms with Gasteiger partial charge in [0.25, 0.3) is 0 Å². The van der Waals surface area contributed by atoms with Gasteiger partial charge in [-0.15, -0.1) is 0 Å². The van der Waals surface area contributed by atoms with Gasteiger partial charge in [0.1, 0.15) is 17.5 Å². The normalized spacial score (nSPS) is 11.3. The van der Waals surface area contributed by atoms with E-state index in [2.05, 4.69) is 41.2 Å². The van der Waals surface area contributed by atoms with Crippen molar-refractivity contribution < 1.29 is 0 Å². The van der Waals surface area contributed by atoms with E-state index in [9.17, 15) is 4.79 Å². The second-order valence-corrected chi connectivity index (χ2v) is 5.12. The topological polar surface area (TPSA) is 50.7 Å². The number of hydrogen-bond donors (Lipinski definition) is 1. The summed E-state index contributed by atoms with van der Waals surface area (Å²) in [5.74, 6) is 0. The predicted octanol–water partition coefficient (Wildman–Crippen LogP) is 3.18. The monoisotopic (exact) mass is 275 g/mol. The average molecular weight is 275 g/mol. The molecule has 0 atom stereocenters. The SMILES string of the molecule is Cc1ccc2ccccc2c1-n1cnc2ccc(=O)[nH]c21. The maximum atomic E-state index is 11.6. The summed E-state index contributed by atoms with van der Waals surface area (Å²) >= 11 is 0. The summed E-state index contributed by atoms with van der Waals surface area (Å²) in [4.78, 5) is 18.9. The van der Waals surface area contributed by atoms with Gasteiger partial charge in [-0.25, -0.2) is 4.98 Å². The highest BCUT2D eigenvalue weighted by atomic mass is 16.1. The molecule has 1 N–H and O–H groups in total. The molecule has 0 aliphatic carbocycles. The quantitative estimate of drug-likeness (QED) is 0.580. The minimum absolute atomic E-state index is 0.123. The van der Waals surface area contributed by atoms with Gasteiger partial charge in [0.15, 0.2) is 0 Å². The largest absolute Gasteiger partial charge is 0.306 e. The standard InChI is InChI=1S/C17H13N3O/c1-11-6-7-12-4-2-3-5-13(12)16(11)20-10-18-14-8-9-15(21)19-17(14)20/h2-10H,1H3,(H,19,21). The third kappa shape index (κ3) is 1.76. The molecule has 2 aromatic carbocycles. The molecule has 21 heavy (non-hydrogen) atoms. The lowest BCUT2D eigenvalue weighted by molar-refractivity contribution is 1.06. The first-order valence-electron chi connectivity index (χ1n) is 6.79. The number of rotatable bonds is 1. The number of aromatic nitrogens is 3. The van der Waals surface area contributed by atoms with Crippen molar-refractivity contribution in [3.05, 3.63) is 70.8 Å². The molecule has 0 fully saturated rings. The first kappa shape index (κ1) is 11.9. The fourth-order valence-corrected chi connectivity index (χ4v) is 2.77. The molecule has 102 valence electrons. The summed E-state index contributed by atoms with van der Waals surface area (Å²) in [6, 6.07) is 15.6. The van der Waals surface area contributed by atoms with E-state index in [4.69, 9.17) is 0 Å². The molecule has 4 aromatic rings. The van der Waals surface area contributed by atoms with Crippen molar-refractivity contribution in [2.75, 3.05) is 0 Å². The number of fused-ring (bicyclic) bond motifs is 2. The maximum Gasteiger partial charge on any atom is 0.249 e. The van der Waals surface area contributed by atoms with Gasteiger partial charge in [-0.05, 0) is 23.9 Å². The van der Waals surface area contributed by atoms with Crippen LogP contribution in [0.25, 0.3) is 27.6 Å². The Bertz CT molecular complexity index is 1030. The number of pyridine rings is 1. The molecule has 4 nitrogen and oxygen atoms in total. The van der Waals surface area contributed by atoms with Gasteiger partial charge in [-0.3, -0.25) is 9.36 Å². The van der Waals surface area contributed by atoms with E-state index in [0.29, 0.717) is 0 Å². The van der Waals surface area contributed by atoms with Crippen LogP contribution in [-0.2, 0) is 0 Å². The summed E-state index contributed by atoms with van der Waals surface area (Å²) in [5.41, 5.74) is 3.57. The van der Waals surface area contributed by atoms with Crippen LogP contribution in [0.2, 0.25) is 0 Å². The maximum absolute atomic E-state index is 11.6. The van der Waals surface area contributed by atoms with E-state index in [0.717, 1.165) is 27.8 Å². The highest BCUT2D eigenvalue weighted by molar-refractivity contribution is 5.93. The van der Waals surface area contributed by atoms with Crippen molar-refractivity contribution in [1.29, 1.82) is 0 Å². The van der Waals surface area contributed by atoms with E-state index in [1.165, 1.54) is 11.5 Å². The molecule has 0 bridgehead atoms. The first-order chi connectivity index (χ1) is 10.2. The smallest absolute Gasteiger partial charge is 0.249 e. The van der Waals surface area contributed by atoms with Gasteiger partial charge in [0.05, 0.1) is 5.69 Å². The number of aromatic amines is 1. The van der Waals surface area contributed by atoms with E-state index in [1.807, 2.05) is 16.7 Å². The average Bonchev–Trinajstić information content (AvgIpc) is 2.90. The lowest BCUT2D eigenvalue weighted by Gasteiger charge is -2.12. The Hall–Kier alpha value is -2.88. The molecular formula is C17H13N3O. The second kappa shape index (κ2) is 4.31. The number of hydrogen-bond acceptors (Lipinski definition) is 2. The number of nitrogens with zero attached hydrogens (tertiary/aromatic N) is 2. The molecule has 0 amide bonds. The van der Waals surface area contributed by atoms with Crippen molar-refractivity contribution in [2.45, 2.75) is 6.92 Å². The molecule has 4 rings (SSSR count). The van der Waals surface area contributed by atoms with Crippen LogP contribution >= 0.6 is 0 Å². The van der Waals surface area contributed by atoms with Crippen molar-refractivity contribution >= 4 is 21.9 Å². The molecule has 0 radical (unpaired) electrons. The van der Waals surface area contributed by atoms with Crippen LogP contribution in [0.3, 0.4) is 0 Å². The lowest BCUT2D eigenvalue weighted by Crippen LogP contribution is -2.06. The van der Waals surface area contributed by atoms with Crippen LogP contribution in [0.4, 0.5) is 0 Å². The Morgan fingerprint density at radius 2 is 1.90 bits per heavy atom. The molecule has 0 spiro atoms. The zero-order valence-corrected chi connectivity index (χ0v) is 11.5. The summed E-state index contributed by atoms with van der Waals surface area (Å²) in [7, 11) is 0. The molecule has 2 heterocycles. The third-order valence-corrected chi connectivity index (χ3v) is 3.77. The van der Waals surface area contributed by atoms with Gasteiger partial charge < -0.3 is 4.98 Å². The van der Waals surface area contributed by atoms with Crippen LogP contribution < -0.4 is 5.56 Å². The lowest BCUT2D eigenvalue weighted by atomic mass is 10.0. The molecule has 0 unspecified atom stereocenters. The molecule has 4 heteroatoms. The molecular weight excluding hydrogens is 262 g/mol. The molecule has 0 saturated carbocycles. The number of aryl methyl sites for hydroxylation is 1. The Morgan fingerprint density at radius 3 is 2.81 bits per heavy atom. The van der Waals surface area contributed by atoms with Crippen LogP contribution in [0.15, 0.2) is 59.7 Å². The van der Waals surface area contributed by atoms with Crippen LogP contribution in [0, 0.1) is 6.92 Å². The fraction of sp³-hybridized carbons (Fsp3) is 0.0588. The number of H-pyrrole nitrogens is 1. The Labute approximate surface area is 120 Å². The number of nitrogens with one attached hydrogen (secondary N) is 1. The molecule has 0 aliphatic rings. The summed E-state index contributed by atoms with van der Waals surface area (Å²) < 4.78 is 1.95. The van der Waals surface area contributed by atoms with Crippen LogP contribution in [0.1, 0.15) is 5.56 Å². The van der Waals surface area contributed by atoms with Gasteiger partial charge in [0, 0.05) is 11.5 Å². The minimum atomic E-state index is -0.123. The highest BCUT2D eigenvalue weighted by Crippen LogP contribution is 2.27. The van der Waals surface area contributed by atoms with Gasteiger partial charge in [0.2, 0.25) is 5.56 Å². The van der Waals surface area contributed by atoms with Crippen molar-refractivity contribution in [3.8, 4) is 5.69 Å². The molecule has 0 aliphatic heterocycles. The van der Waals surface area contributed by atoms with E-state index >= 15 is 0 Å². The van der Waals surface area contributed by atoms with E-state index < -0.39 is 0 Å². The number of benzene rings is 2. The number of imidazole rings is 1. The third-order valence-electron chi connectivity index (χ3n) is 3.77. The van der Waals surface area contributed by atoms with Crippen LogP contribution in [-0.4, -0.2) is 14.5 Å². The Kier molecular flexibility index (Phi) is 2.44. The zero-order valence-electron chi connectivity index (χ0n) is 11.5. The molecule has 0 saturated heterocycles. The summed E-state index contributed by atoms with van der Waals surface area (Å²) in [6.45, 7) is 2.06. The summed E-state index contributed by atoms with van der Waals surface area (Å²) in [5, 5.41) is 2.31. The highest BCUT2D eigenvalue weighted by Gasteiger charge is 2.11. The predicted molar refractivity (Wildman–Crippen MR) is 83.9 cm³/mol.